The Balaban J connectivity index is 2.61. The van der Waals surface area contributed by atoms with Gasteiger partial charge < -0.3 is 4.74 Å². The molecule has 1 aromatic rings. The van der Waals surface area contributed by atoms with Gasteiger partial charge >= 0.3 is 0 Å². The van der Waals surface area contributed by atoms with Gasteiger partial charge in [0.15, 0.2) is 0 Å². The Morgan fingerprint density at radius 3 is 3.08 bits per heavy atom. The zero-order valence-electron chi connectivity index (χ0n) is 7.21. The fraction of sp³-hybridized carbons (Fsp3) is 0.200. The van der Waals surface area contributed by atoms with Crippen molar-refractivity contribution >= 4 is 33.8 Å². The number of fused-ring (bicyclic) bond motifs is 1. The van der Waals surface area contributed by atoms with Crippen molar-refractivity contribution in [2.24, 2.45) is 0 Å². The van der Waals surface area contributed by atoms with E-state index >= 15 is 0 Å². The molecule has 1 aliphatic heterocycles. The molecule has 1 nitrogen and oxygen atoms in total. The Morgan fingerprint density at radius 2 is 2.31 bits per heavy atom. The maximum absolute atomic E-state index is 5.28. The molecular formula is C10H9BrOS. The third kappa shape index (κ3) is 1.63. The second-order valence-corrected chi connectivity index (χ2v) is 4.59. The van der Waals surface area contributed by atoms with Crippen molar-refractivity contribution < 1.29 is 4.74 Å². The van der Waals surface area contributed by atoms with E-state index in [1.807, 2.05) is 23.9 Å². The van der Waals surface area contributed by atoms with Gasteiger partial charge in [-0.15, -0.1) is 11.8 Å². The molecule has 0 saturated heterocycles. The van der Waals surface area contributed by atoms with Crippen molar-refractivity contribution in [1.82, 2.24) is 0 Å². The lowest BCUT2D eigenvalue weighted by Gasteiger charge is -2.14. The van der Waals surface area contributed by atoms with Gasteiger partial charge in [0.05, 0.1) is 7.11 Å². The Labute approximate surface area is 90.3 Å². The fourth-order valence-electron chi connectivity index (χ4n) is 1.33. The zero-order valence-corrected chi connectivity index (χ0v) is 9.61. The molecule has 0 bridgehead atoms. The van der Waals surface area contributed by atoms with Gasteiger partial charge in [0.1, 0.15) is 5.75 Å². The summed E-state index contributed by atoms with van der Waals surface area (Å²) in [6.45, 7) is 0. The molecule has 13 heavy (non-hydrogen) atoms. The highest BCUT2D eigenvalue weighted by atomic mass is 79.9. The maximum Gasteiger partial charge on any atom is 0.127 e. The second-order valence-electron chi connectivity index (χ2n) is 2.71. The first-order valence-corrected chi connectivity index (χ1v) is 5.76. The van der Waals surface area contributed by atoms with E-state index in [1.165, 1.54) is 10.5 Å². The molecule has 0 amide bonds. The summed E-state index contributed by atoms with van der Waals surface area (Å²) in [7, 11) is 1.70. The van der Waals surface area contributed by atoms with E-state index in [-0.39, 0.29) is 0 Å². The minimum atomic E-state index is 0.946. The van der Waals surface area contributed by atoms with Crippen LogP contribution >= 0.6 is 27.7 Å². The predicted molar refractivity (Wildman–Crippen MR) is 60.5 cm³/mol. The number of benzene rings is 1. The highest BCUT2D eigenvalue weighted by Gasteiger charge is 2.13. The van der Waals surface area contributed by atoms with Crippen LogP contribution < -0.4 is 4.74 Å². The quantitative estimate of drug-likeness (QED) is 0.760. The molecule has 2 rings (SSSR count). The van der Waals surface area contributed by atoms with E-state index < -0.39 is 0 Å². The molecule has 1 aromatic carbocycles. The summed E-state index contributed by atoms with van der Waals surface area (Å²) >= 11 is 5.37. The lowest BCUT2D eigenvalue weighted by atomic mass is 10.2. The maximum atomic E-state index is 5.28. The average Bonchev–Trinajstić information content (AvgIpc) is 2.19. The third-order valence-electron chi connectivity index (χ3n) is 1.94. The van der Waals surface area contributed by atoms with E-state index in [1.54, 1.807) is 7.11 Å². The van der Waals surface area contributed by atoms with Gasteiger partial charge in [-0.2, -0.15) is 0 Å². The first kappa shape index (κ1) is 9.16. The summed E-state index contributed by atoms with van der Waals surface area (Å²) in [5.41, 5.74) is 1.19. The van der Waals surface area contributed by atoms with E-state index in [9.17, 15) is 0 Å². The lowest BCUT2D eigenvalue weighted by Crippen LogP contribution is -1.93. The second kappa shape index (κ2) is 3.76. The highest BCUT2D eigenvalue weighted by molar-refractivity contribution is 9.10. The molecule has 0 radical (unpaired) electrons. The Kier molecular flexibility index (Phi) is 2.65. The SMILES string of the molecule is COc1ccc(Br)c2c1C=CCS2. The first-order valence-electron chi connectivity index (χ1n) is 3.99. The first-order chi connectivity index (χ1) is 6.33. The Morgan fingerprint density at radius 1 is 1.46 bits per heavy atom. The van der Waals surface area contributed by atoms with Crippen LogP contribution in [0.2, 0.25) is 0 Å². The third-order valence-corrected chi connectivity index (χ3v) is 3.95. The van der Waals surface area contributed by atoms with Gasteiger partial charge in [-0.25, -0.2) is 0 Å². The van der Waals surface area contributed by atoms with Crippen molar-refractivity contribution in [1.29, 1.82) is 0 Å². The van der Waals surface area contributed by atoms with Crippen molar-refractivity contribution in [2.45, 2.75) is 4.90 Å². The highest BCUT2D eigenvalue weighted by Crippen LogP contribution is 2.39. The normalized spacial score (nSPS) is 14.0. The molecule has 1 aliphatic rings. The summed E-state index contributed by atoms with van der Waals surface area (Å²) in [6, 6.07) is 4.02. The molecule has 0 saturated carbocycles. The van der Waals surface area contributed by atoms with E-state index in [0.717, 1.165) is 16.0 Å². The van der Waals surface area contributed by atoms with Crippen molar-refractivity contribution in [3.8, 4) is 5.75 Å². The monoisotopic (exact) mass is 256 g/mol. The molecule has 0 aromatic heterocycles. The van der Waals surface area contributed by atoms with Crippen LogP contribution in [0.3, 0.4) is 0 Å². The Bertz CT molecular complexity index is 360. The molecule has 0 N–H and O–H groups in total. The number of methoxy groups -OCH3 is 1. The number of hydrogen-bond acceptors (Lipinski definition) is 2. The van der Waals surface area contributed by atoms with Crippen LogP contribution in [0.1, 0.15) is 5.56 Å². The van der Waals surface area contributed by atoms with Crippen LogP contribution in [0.25, 0.3) is 6.08 Å². The van der Waals surface area contributed by atoms with E-state index in [2.05, 4.69) is 28.1 Å². The van der Waals surface area contributed by atoms with Crippen molar-refractivity contribution in [2.75, 3.05) is 12.9 Å². The fourth-order valence-corrected chi connectivity index (χ4v) is 2.91. The topological polar surface area (TPSA) is 9.23 Å². The minimum Gasteiger partial charge on any atom is -0.496 e. The van der Waals surface area contributed by atoms with Gasteiger partial charge in [-0.3, -0.25) is 0 Å². The van der Waals surface area contributed by atoms with Crippen LogP contribution in [-0.4, -0.2) is 12.9 Å². The molecule has 0 fully saturated rings. The number of ether oxygens (including phenoxy) is 1. The van der Waals surface area contributed by atoms with Crippen LogP contribution in [0.4, 0.5) is 0 Å². The van der Waals surface area contributed by atoms with Gasteiger partial charge in [-0.05, 0) is 28.1 Å². The number of halogens is 1. The van der Waals surface area contributed by atoms with Crippen molar-refractivity contribution in [3.05, 3.63) is 28.2 Å². The minimum absolute atomic E-state index is 0.946. The molecule has 0 aliphatic carbocycles. The zero-order chi connectivity index (χ0) is 9.26. The molecule has 0 unspecified atom stereocenters. The molecule has 68 valence electrons. The Hall–Kier alpha value is -0.410. The summed E-state index contributed by atoms with van der Waals surface area (Å²) < 4.78 is 6.43. The van der Waals surface area contributed by atoms with Gasteiger partial charge in [-0.1, -0.05) is 12.2 Å². The standard InChI is InChI=1S/C10H9BrOS/c1-12-9-5-4-8(11)10-7(9)3-2-6-13-10/h2-5H,6H2,1H3. The van der Waals surface area contributed by atoms with Crippen LogP contribution in [0.5, 0.6) is 5.75 Å². The predicted octanol–water partition coefficient (Wildman–Crippen LogP) is 3.58. The van der Waals surface area contributed by atoms with Crippen LogP contribution in [0.15, 0.2) is 27.6 Å². The van der Waals surface area contributed by atoms with Gasteiger partial charge in [0.2, 0.25) is 0 Å². The molecule has 0 spiro atoms. The number of thioether (sulfide) groups is 1. The van der Waals surface area contributed by atoms with Gasteiger partial charge in [0.25, 0.3) is 0 Å². The summed E-state index contributed by atoms with van der Waals surface area (Å²) in [6.07, 6.45) is 4.28. The summed E-state index contributed by atoms with van der Waals surface area (Å²) in [4.78, 5) is 1.28. The average molecular weight is 257 g/mol. The number of hydrogen-bond donors (Lipinski definition) is 0. The van der Waals surface area contributed by atoms with Crippen molar-refractivity contribution in [3.63, 3.8) is 0 Å². The largest absolute Gasteiger partial charge is 0.496 e. The molecular weight excluding hydrogens is 248 g/mol. The van der Waals surface area contributed by atoms with Crippen LogP contribution in [0, 0.1) is 0 Å². The molecule has 1 heterocycles. The summed E-state index contributed by atoms with van der Waals surface area (Å²) in [5, 5.41) is 0. The van der Waals surface area contributed by atoms with E-state index in [4.69, 9.17) is 4.74 Å². The summed E-state index contributed by atoms with van der Waals surface area (Å²) in [5.74, 6) is 1.99. The smallest absolute Gasteiger partial charge is 0.127 e. The number of rotatable bonds is 1. The van der Waals surface area contributed by atoms with E-state index in [0.29, 0.717) is 0 Å². The molecule has 3 heteroatoms. The molecule has 0 atom stereocenters. The lowest BCUT2D eigenvalue weighted by molar-refractivity contribution is 0.412. The van der Waals surface area contributed by atoms with Crippen LogP contribution in [-0.2, 0) is 0 Å². The van der Waals surface area contributed by atoms with Gasteiger partial charge in [0, 0.05) is 20.7 Å².